The van der Waals surface area contributed by atoms with E-state index in [9.17, 15) is 0 Å². The summed E-state index contributed by atoms with van der Waals surface area (Å²) in [6.45, 7) is 2.30. The summed E-state index contributed by atoms with van der Waals surface area (Å²) >= 11 is 0. The Morgan fingerprint density at radius 3 is 3.09 bits per heavy atom. The summed E-state index contributed by atoms with van der Waals surface area (Å²) in [5.74, 6) is 0. The highest BCUT2D eigenvalue weighted by Crippen LogP contribution is 2.24. The van der Waals surface area contributed by atoms with Gasteiger partial charge in [0.25, 0.3) is 0 Å². The smallest absolute Gasteiger partial charge is 0.0754 e. The number of rotatable bonds is 0. The van der Waals surface area contributed by atoms with Crippen LogP contribution in [0, 0.1) is 0 Å². The van der Waals surface area contributed by atoms with Crippen molar-refractivity contribution in [1.82, 2.24) is 4.90 Å². The van der Waals surface area contributed by atoms with Crippen LogP contribution in [0.15, 0.2) is 5.16 Å². The summed E-state index contributed by atoms with van der Waals surface area (Å²) in [6.07, 6.45) is 4.77. The molecule has 0 saturated carbocycles. The standard InChI is InChI=1S/C8H14N2O/c11-9-7-4-6-10-5-2-1-3-8(7)10/h8,11H,1-6H2/b9-7-/t8-/m1/s1. The Kier molecular flexibility index (Phi) is 1.82. The predicted molar refractivity (Wildman–Crippen MR) is 43.1 cm³/mol. The maximum absolute atomic E-state index is 8.67. The van der Waals surface area contributed by atoms with Gasteiger partial charge in [-0.2, -0.15) is 0 Å². The molecule has 2 rings (SSSR count). The van der Waals surface area contributed by atoms with Crippen molar-refractivity contribution >= 4 is 5.71 Å². The minimum absolute atomic E-state index is 0.480. The van der Waals surface area contributed by atoms with Crippen molar-refractivity contribution in [2.45, 2.75) is 31.7 Å². The molecular formula is C8H14N2O. The minimum Gasteiger partial charge on any atom is -0.411 e. The summed E-state index contributed by atoms with van der Waals surface area (Å²) in [5.41, 5.74) is 1.00. The summed E-state index contributed by atoms with van der Waals surface area (Å²) in [5, 5.41) is 12.0. The Hall–Kier alpha value is -0.570. The van der Waals surface area contributed by atoms with Crippen LogP contribution in [0.5, 0.6) is 0 Å². The fourth-order valence-electron chi connectivity index (χ4n) is 2.18. The first kappa shape index (κ1) is 7.10. The van der Waals surface area contributed by atoms with Crippen LogP contribution in [0.2, 0.25) is 0 Å². The minimum atomic E-state index is 0.480. The molecule has 1 atom stereocenters. The van der Waals surface area contributed by atoms with Crippen LogP contribution in [0.3, 0.4) is 0 Å². The van der Waals surface area contributed by atoms with Gasteiger partial charge in [-0.15, -0.1) is 0 Å². The monoisotopic (exact) mass is 154 g/mol. The molecule has 1 N–H and O–H groups in total. The number of piperidine rings is 1. The van der Waals surface area contributed by atoms with Crippen molar-refractivity contribution in [3.05, 3.63) is 0 Å². The number of nitrogens with zero attached hydrogens (tertiary/aromatic N) is 2. The van der Waals surface area contributed by atoms with Gasteiger partial charge in [0, 0.05) is 13.0 Å². The van der Waals surface area contributed by atoms with Crippen molar-refractivity contribution in [1.29, 1.82) is 0 Å². The molecule has 3 heteroatoms. The predicted octanol–water partition coefficient (Wildman–Crippen LogP) is 1.07. The highest BCUT2D eigenvalue weighted by Gasteiger charge is 2.32. The van der Waals surface area contributed by atoms with Crippen molar-refractivity contribution in [2.75, 3.05) is 13.1 Å². The second-order valence-corrected chi connectivity index (χ2v) is 3.39. The zero-order chi connectivity index (χ0) is 7.68. The molecule has 2 aliphatic rings. The molecule has 2 aliphatic heterocycles. The molecule has 0 radical (unpaired) electrons. The SMILES string of the molecule is O/N=C1/CCN2CCCC[C@H]12. The highest BCUT2D eigenvalue weighted by molar-refractivity contribution is 5.91. The molecule has 0 unspecified atom stereocenters. The molecule has 0 aromatic carbocycles. The summed E-state index contributed by atoms with van der Waals surface area (Å²) < 4.78 is 0. The van der Waals surface area contributed by atoms with E-state index in [1.54, 1.807) is 0 Å². The lowest BCUT2D eigenvalue weighted by atomic mass is 10.0. The maximum Gasteiger partial charge on any atom is 0.0754 e. The first-order chi connectivity index (χ1) is 5.42. The summed E-state index contributed by atoms with van der Waals surface area (Å²) in [4.78, 5) is 2.43. The first-order valence-corrected chi connectivity index (χ1v) is 4.36. The van der Waals surface area contributed by atoms with Gasteiger partial charge in [-0.25, -0.2) is 0 Å². The van der Waals surface area contributed by atoms with E-state index in [0.717, 1.165) is 18.7 Å². The van der Waals surface area contributed by atoms with E-state index >= 15 is 0 Å². The van der Waals surface area contributed by atoms with E-state index in [1.807, 2.05) is 0 Å². The molecule has 62 valence electrons. The largest absolute Gasteiger partial charge is 0.411 e. The molecule has 0 aromatic rings. The summed E-state index contributed by atoms with van der Waals surface area (Å²) in [6, 6.07) is 0.480. The zero-order valence-electron chi connectivity index (χ0n) is 6.66. The lowest BCUT2D eigenvalue weighted by molar-refractivity contribution is 0.219. The van der Waals surface area contributed by atoms with Gasteiger partial charge in [0.1, 0.15) is 0 Å². The van der Waals surface area contributed by atoms with E-state index in [4.69, 9.17) is 5.21 Å². The Morgan fingerprint density at radius 1 is 1.36 bits per heavy atom. The normalized spacial score (nSPS) is 36.0. The Balaban J connectivity index is 2.10. The van der Waals surface area contributed by atoms with Gasteiger partial charge >= 0.3 is 0 Å². The van der Waals surface area contributed by atoms with Gasteiger partial charge < -0.3 is 5.21 Å². The van der Waals surface area contributed by atoms with Crippen LogP contribution in [0.4, 0.5) is 0 Å². The second kappa shape index (κ2) is 2.81. The van der Waals surface area contributed by atoms with E-state index in [-0.39, 0.29) is 0 Å². The van der Waals surface area contributed by atoms with Gasteiger partial charge in [-0.1, -0.05) is 11.6 Å². The van der Waals surface area contributed by atoms with Gasteiger partial charge in [-0.3, -0.25) is 4.90 Å². The van der Waals surface area contributed by atoms with E-state index in [0.29, 0.717) is 6.04 Å². The molecule has 0 spiro atoms. The molecule has 0 aliphatic carbocycles. The summed E-state index contributed by atoms with van der Waals surface area (Å²) in [7, 11) is 0. The Morgan fingerprint density at radius 2 is 2.27 bits per heavy atom. The van der Waals surface area contributed by atoms with Crippen molar-refractivity contribution in [2.24, 2.45) is 5.16 Å². The molecule has 0 aromatic heterocycles. The average Bonchev–Trinajstić information content (AvgIpc) is 2.47. The quantitative estimate of drug-likeness (QED) is 0.418. The molecule has 2 fully saturated rings. The Labute approximate surface area is 66.7 Å². The number of hydrogen-bond donors (Lipinski definition) is 1. The topological polar surface area (TPSA) is 35.8 Å². The van der Waals surface area contributed by atoms with Gasteiger partial charge in [0.2, 0.25) is 0 Å². The van der Waals surface area contributed by atoms with Crippen LogP contribution in [-0.4, -0.2) is 35.0 Å². The lowest BCUT2D eigenvalue weighted by Gasteiger charge is -2.28. The zero-order valence-corrected chi connectivity index (χ0v) is 6.66. The third-order valence-corrected chi connectivity index (χ3v) is 2.78. The fourth-order valence-corrected chi connectivity index (χ4v) is 2.18. The highest BCUT2D eigenvalue weighted by atomic mass is 16.4. The lowest BCUT2D eigenvalue weighted by Crippen LogP contribution is -2.37. The second-order valence-electron chi connectivity index (χ2n) is 3.39. The van der Waals surface area contributed by atoms with E-state index < -0.39 is 0 Å². The van der Waals surface area contributed by atoms with Crippen LogP contribution < -0.4 is 0 Å². The first-order valence-electron chi connectivity index (χ1n) is 4.36. The number of hydrogen-bond acceptors (Lipinski definition) is 3. The van der Waals surface area contributed by atoms with E-state index in [1.165, 1.54) is 25.8 Å². The third-order valence-electron chi connectivity index (χ3n) is 2.78. The van der Waals surface area contributed by atoms with E-state index in [2.05, 4.69) is 10.1 Å². The third kappa shape index (κ3) is 1.13. The van der Waals surface area contributed by atoms with Gasteiger partial charge in [0.05, 0.1) is 11.8 Å². The molecule has 2 saturated heterocycles. The van der Waals surface area contributed by atoms with Gasteiger partial charge in [-0.05, 0) is 19.4 Å². The van der Waals surface area contributed by atoms with Crippen molar-refractivity contribution in [3.8, 4) is 0 Å². The van der Waals surface area contributed by atoms with Crippen molar-refractivity contribution < 1.29 is 5.21 Å². The molecule has 3 nitrogen and oxygen atoms in total. The van der Waals surface area contributed by atoms with Crippen LogP contribution in [-0.2, 0) is 0 Å². The fraction of sp³-hybridized carbons (Fsp3) is 0.875. The Bertz CT molecular complexity index is 179. The van der Waals surface area contributed by atoms with Gasteiger partial charge in [0.15, 0.2) is 0 Å². The van der Waals surface area contributed by atoms with Crippen LogP contribution in [0.1, 0.15) is 25.7 Å². The number of fused-ring (bicyclic) bond motifs is 1. The molecule has 0 amide bonds. The van der Waals surface area contributed by atoms with Crippen molar-refractivity contribution in [3.63, 3.8) is 0 Å². The molecule has 0 bridgehead atoms. The number of oxime groups is 1. The van der Waals surface area contributed by atoms with Crippen LogP contribution in [0.25, 0.3) is 0 Å². The van der Waals surface area contributed by atoms with Crippen LogP contribution >= 0.6 is 0 Å². The maximum atomic E-state index is 8.67. The molecular weight excluding hydrogens is 140 g/mol. The molecule has 2 heterocycles. The molecule has 11 heavy (non-hydrogen) atoms. The average molecular weight is 154 g/mol.